The molecule has 0 unspecified atom stereocenters. The van der Waals surface area contributed by atoms with Crippen LogP contribution < -0.4 is 11.2 Å². The molecule has 1 aliphatic carbocycles. The fourth-order valence-electron chi connectivity index (χ4n) is 4.80. The van der Waals surface area contributed by atoms with E-state index in [4.69, 9.17) is 10.7 Å². The summed E-state index contributed by atoms with van der Waals surface area (Å²) in [4.78, 5) is 33.8. The van der Waals surface area contributed by atoms with Gasteiger partial charge in [0, 0.05) is 49.0 Å². The minimum absolute atomic E-state index is 0.0778. The Morgan fingerprint density at radius 1 is 1.15 bits per heavy atom. The van der Waals surface area contributed by atoms with E-state index in [1.54, 1.807) is 17.7 Å². The van der Waals surface area contributed by atoms with Crippen molar-refractivity contribution < 1.29 is 13.6 Å². The highest BCUT2D eigenvalue weighted by Gasteiger charge is 2.37. The number of hydrogen-bond donors (Lipinski definition) is 1. The molecule has 5 rings (SSSR count). The number of aromatic nitrogens is 3. The van der Waals surface area contributed by atoms with E-state index in [9.17, 15) is 18.4 Å². The highest BCUT2D eigenvalue weighted by Crippen LogP contribution is 2.43. The normalized spacial score (nSPS) is 16.3. The van der Waals surface area contributed by atoms with Crippen molar-refractivity contribution in [1.29, 1.82) is 0 Å². The lowest BCUT2D eigenvalue weighted by Crippen LogP contribution is -2.24. The van der Waals surface area contributed by atoms with Crippen LogP contribution in [-0.4, -0.2) is 26.4 Å². The molecule has 168 valence electrons. The van der Waals surface area contributed by atoms with Crippen LogP contribution >= 0.6 is 0 Å². The van der Waals surface area contributed by atoms with Gasteiger partial charge in [-0.2, -0.15) is 0 Å². The molecule has 0 radical (unpaired) electrons. The molecule has 4 aromatic rings. The largest absolute Gasteiger partial charge is 0.364 e. The minimum Gasteiger partial charge on any atom is -0.364 e. The highest BCUT2D eigenvalue weighted by molar-refractivity contribution is 6.04. The maximum absolute atomic E-state index is 13.9. The SMILES string of the molecule is Cn1c(-c2cc3ccccc3nc2C2CCC(F)(F)CC2)cc(=O)c2c(C(N)=O)nccc21. The first-order chi connectivity index (χ1) is 15.7. The molecule has 1 aromatic carbocycles. The van der Waals surface area contributed by atoms with Crippen LogP contribution in [0.15, 0.2) is 53.5 Å². The van der Waals surface area contributed by atoms with Crippen LogP contribution in [0.3, 0.4) is 0 Å². The number of benzene rings is 1. The third-order valence-corrected chi connectivity index (χ3v) is 6.53. The molecule has 1 aliphatic rings. The number of nitrogens with zero attached hydrogens (tertiary/aromatic N) is 3. The van der Waals surface area contributed by atoms with Crippen molar-refractivity contribution in [2.45, 2.75) is 37.5 Å². The second-order valence-electron chi connectivity index (χ2n) is 8.61. The van der Waals surface area contributed by atoms with Gasteiger partial charge in [-0.3, -0.25) is 19.6 Å². The Hall–Kier alpha value is -3.68. The van der Waals surface area contributed by atoms with Crippen LogP contribution in [-0.2, 0) is 7.05 Å². The predicted octanol–water partition coefficient (Wildman–Crippen LogP) is 4.54. The lowest BCUT2D eigenvalue weighted by Gasteiger charge is -2.29. The number of hydrogen-bond acceptors (Lipinski definition) is 4. The van der Waals surface area contributed by atoms with Gasteiger partial charge in [0.1, 0.15) is 5.69 Å². The number of rotatable bonds is 3. The summed E-state index contributed by atoms with van der Waals surface area (Å²) in [6.07, 6.45) is 1.71. The molecular weight excluding hydrogens is 426 g/mol. The molecule has 1 amide bonds. The topological polar surface area (TPSA) is 90.9 Å². The maximum atomic E-state index is 13.9. The molecule has 0 atom stereocenters. The fraction of sp³-hybridized carbons (Fsp3) is 0.280. The second kappa shape index (κ2) is 7.72. The third kappa shape index (κ3) is 3.65. The summed E-state index contributed by atoms with van der Waals surface area (Å²) in [6, 6.07) is 12.7. The first-order valence-electron chi connectivity index (χ1n) is 10.8. The molecule has 33 heavy (non-hydrogen) atoms. The Morgan fingerprint density at radius 2 is 1.88 bits per heavy atom. The number of carbonyl (C=O) groups is 1. The van der Waals surface area contributed by atoms with Crippen LogP contribution in [0.25, 0.3) is 33.1 Å². The van der Waals surface area contributed by atoms with E-state index in [0.717, 1.165) is 16.5 Å². The summed E-state index contributed by atoms with van der Waals surface area (Å²) in [5.74, 6) is -3.57. The molecule has 0 bridgehead atoms. The van der Waals surface area contributed by atoms with Crippen LogP contribution in [0, 0.1) is 0 Å². The van der Waals surface area contributed by atoms with E-state index in [1.165, 1.54) is 12.3 Å². The zero-order valence-electron chi connectivity index (χ0n) is 18.0. The quantitative estimate of drug-likeness (QED) is 0.498. The van der Waals surface area contributed by atoms with Gasteiger partial charge in [0.15, 0.2) is 5.43 Å². The maximum Gasteiger partial charge on any atom is 0.268 e. The number of para-hydroxylation sites is 1. The average molecular weight is 448 g/mol. The lowest BCUT2D eigenvalue weighted by atomic mass is 9.82. The monoisotopic (exact) mass is 448 g/mol. The van der Waals surface area contributed by atoms with Crippen molar-refractivity contribution in [3.8, 4) is 11.3 Å². The Morgan fingerprint density at radius 3 is 2.61 bits per heavy atom. The van der Waals surface area contributed by atoms with Gasteiger partial charge in [-0.25, -0.2) is 8.78 Å². The summed E-state index contributed by atoms with van der Waals surface area (Å²) in [5, 5.41) is 1.04. The molecule has 8 heteroatoms. The Bertz CT molecular complexity index is 1470. The molecule has 3 heterocycles. The molecule has 3 aromatic heterocycles. The third-order valence-electron chi connectivity index (χ3n) is 6.53. The molecule has 2 N–H and O–H groups in total. The van der Waals surface area contributed by atoms with Crippen molar-refractivity contribution in [3.05, 3.63) is 70.3 Å². The average Bonchev–Trinajstić information content (AvgIpc) is 2.80. The van der Waals surface area contributed by atoms with E-state index in [1.807, 2.05) is 30.3 Å². The molecule has 6 nitrogen and oxygen atoms in total. The number of amides is 1. The first kappa shape index (κ1) is 21.2. The number of halogens is 2. The van der Waals surface area contributed by atoms with E-state index < -0.39 is 11.8 Å². The number of primary amides is 1. The Labute approximate surface area is 188 Å². The van der Waals surface area contributed by atoms with Gasteiger partial charge in [-0.05, 0) is 31.0 Å². The first-order valence-corrected chi connectivity index (χ1v) is 10.8. The van der Waals surface area contributed by atoms with Gasteiger partial charge in [0.2, 0.25) is 5.92 Å². The fourth-order valence-corrected chi connectivity index (χ4v) is 4.80. The Balaban J connectivity index is 1.77. The lowest BCUT2D eigenvalue weighted by molar-refractivity contribution is -0.0384. The highest BCUT2D eigenvalue weighted by atomic mass is 19.3. The zero-order valence-corrected chi connectivity index (χ0v) is 18.0. The summed E-state index contributed by atoms with van der Waals surface area (Å²) in [5.41, 5.74) is 8.29. The Kier molecular flexibility index (Phi) is 4.96. The summed E-state index contributed by atoms with van der Waals surface area (Å²) in [7, 11) is 1.79. The number of nitrogens with two attached hydrogens (primary N) is 1. The van der Waals surface area contributed by atoms with E-state index in [-0.39, 0.29) is 35.3 Å². The smallest absolute Gasteiger partial charge is 0.268 e. The van der Waals surface area contributed by atoms with Crippen molar-refractivity contribution in [1.82, 2.24) is 14.5 Å². The molecule has 0 spiro atoms. The van der Waals surface area contributed by atoms with E-state index in [0.29, 0.717) is 29.7 Å². The van der Waals surface area contributed by atoms with Crippen LogP contribution in [0.5, 0.6) is 0 Å². The molecule has 0 saturated heterocycles. The zero-order chi connectivity index (χ0) is 23.3. The van der Waals surface area contributed by atoms with Crippen molar-refractivity contribution in [2.24, 2.45) is 12.8 Å². The number of carbonyl (C=O) groups excluding carboxylic acids is 1. The van der Waals surface area contributed by atoms with Crippen LogP contribution in [0.2, 0.25) is 0 Å². The predicted molar refractivity (Wildman–Crippen MR) is 122 cm³/mol. The number of aryl methyl sites for hydroxylation is 1. The van der Waals surface area contributed by atoms with Crippen LogP contribution in [0.1, 0.15) is 47.8 Å². The number of fused-ring (bicyclic) bond motifs is 2. The molecule has 0 aliphatic heterocycles. The number of pyridine rings is 3. The summed E-state index contributed by atoms with van der Waals surface area (Å²) >= 11 is 0. The van der Waals surface area contributed by atoms with Gasteiger partial charge in [0.05, 0.1) is 27.8 Å². The van der Waals surface area contributed by atoms with Gasteiger partial charge in [-0.15, -0.1) is 0 Å². The minimum atomic E-state index is -2.65. The van der Waals surface area contributed by atoms with Gasteiger partial charge >= 0.3 is 0 Å². The van der Waals surface area contributed by atoms with Crippen molar-refractivity contribution >= 4 is 27.7 Å². The number of alkyl halides is 2. The van der Waals surface area contributed by atoms with E-state index >= 15 is 0 Å². The van der Waals surface area contributed by atoms with Gasteiger partial charge in [0.25, 0.3) is 5.91 Å². The molecule has 1 fully saturated rings. The van der Waals surface area contributed by atoms with E-state index in [2.05, 4.69) is 4.98 Å². The molecular formula is C25H22F2N4O2. The van der Waals surface area contributed by atoms with Gasteiger partial charge < -0.3 is 10.3 Å². The second-order valence-corrected chi connectivity index (χ2v) is 8.61. The van der Waals surface area contributed by atoms with Crippen molar-refractivity contribution in [2.75, 3.05) is 0 Å². The standard InChI is InChI=1S/C25H22F2N4O2/c1-31-18-8-11-29-23(24(28)33)21(18)20(32)13-19(31)16-12-15-4-2-3-5-17(15)30-22(16)14-6-9-25(26,27)10-7-14/h2-5,8,11-14H,6-7,9-10H2,1H3,(H2,28,33). The summed E-state index contributed by atoms with van der Waals surface area (Å²) < 4.78 is 29.5. The van der Waals surface area contributed by atoms with Crippen molar-refractivity contribution in [3.63, 3.8) is 0 Å². The molecule has 1 saturated carbocycles. The van der Waals surface area contributed by atoms with Gasteiger partial charge in [-0.1, -0.05) is 18.2 Å². The summed E-state index contributed by atoms with van der Waals surface area (Å²) in [6.45, 7) is 0. The van der Waals surface area contributed by atoms with Crippen LogP contribution in [0.4, 0.5) is 8.78 Å².